The van der Waals surface area contributed by atoms with Gasteiger partial charge in [0.2, 0.25) is 0 Å². The zero-order chi connectivity index (χ0) is 10.9. The van der Waals surface area contributed by atoms with Crippen molar-refractivity contribution in [2.24, 2.45) is 5.41 Å². The molecule has 0 saturated carbocycles. The molecule has 0 bridgehead atoms. The molecule has 0 atom stereocenters. The smallest absolute Gasteiger partial charge is 0.145 e. The minimum atomic E-state index is 0.600. The predicted molar refractivity (Wildman–Crippen MR) is 67.7 cm³/mol. The Morgan fingerprint density at radius 2 is 1.29 bits per heavy atom. The van der Waals surface area contributed by atoms with Crippen LogP contribution in [0.3, 0.4) is 0 Å². The Balaban J connectivity index is 4.21. The summed E-state index contributed by atoms with van der Waals surface area (Å²) in [4.78, 5) is 0. The van der Waals surface area contributed by atoms with Crippen LogP contribution in [0.4, 0.5) is 0 Å². The molecule has 0 rings (SSSR count). The first kappa shape index (κ1) is 14.2. The molecule has 0 spiro atoms. The van der Waals surface area contributed by atoms with Crippen LogP contribution in [0.15, 0.2) is 0 Å². The Morgan fingerprint density at radius 3 is 1.57 bits per heavy atom. The Kier molecular flexibility index (Phi) is 8.59. The van der Waals surface area contributed by atoms with E-state index < -0.39 is 0 Å². The van der Waals surface area contributed by atoms with Crippen LogP contribution in [0.5, 0.6) is 0 Å². The number of rotatable bonds is 9. The third kappa shape index (κ3) is 5.16. The Morgan fingerprint density at radius 1 is 0.857 bits per heavy atom. The predicted octanol–water partition coefficient (Wildman–Crippen LogP) is 3.06. The van der Waals surface area contributed by atoms with Crippen molar-refractivity contribution in [3.63, 3.8) is 0 Å². The minimum absolute atomic E-state index is 0.600. The van der Waals surface area contributed by atoms with Gasteiger partial charge in [0.25, 0.3) is 0 Å². The normalized spacial score (nSPS) is 12.2. The molecular weight excluding hydrogens is 188 g/mol. The Labute approximate surface area is 93.2 Å². The van der Waals surface area contributed by atoms with Gasteiger partial charge in [0.15, 0.2) is 0 Å². The average Bonchev–Trinajstić information content (AvgIpc) is 2.16. The first-order valence-corrected chi connectivity index (χ1v) is 7.05. The maximum atomic E-state index is 5.38. The second-order valence-electron chi connectivity index (χ2n) is 4.49. The van der Waals surface area contributed by atoms with Gasteiger partial charge in [-0.05, 0) is 31.1 Å². The van der Waals surface area contributed by atoms with E-state index in [4.69, 9.17) is 4.43 Å². The second-order valence-corrected chi connectivity index (χ2v) is 5.07. The standard InChI is InChI=1S/C12H28OSi/c1-4-7-12(8-5-2,9-6-3)10-11-13-14/h4-11H2,1-3,14H3. The van der Waals surface area contributed by atoms with Crippen molar-refractivity contribution in [2.75, 3.05) is 6.61 Å². The summed E-state index contributed by atoms with van der Waals surface area (Å²) in [7, 11) is 0.895. The van der Waals surface area contributed by atoms with Crippen molar-refractivity contribution in [3.8, 4) is 0 Å². The van der Waals surface area contributed by atoms with Gasteiger partial charge in [-0.2, -0.15) is 0 Å². The fourth-order valence-electron chi connectivity index (χ4n) is 2.66. The lowest BCUT2D eigenvalue weighted by Gasteiger charge is -2.33. The van der Waals surface area contributed by atoms with Crippen LogP contribution in [0, 0.1) is 5.41 Å². The third-order valence-corrected chi connectivity index (χ3v) is 3.59. The highest BCUT2D eigenvalue weighted by atomic mass is 28.2. The van der Waals surface area contributed by atoms with Crippen LogP contribution >= 0.6 is 0 Å². The van der Waals surface area contributed by atoms with E-state index in [0.717, 1.165) is 17.1 Å². The van der Waals surface area contributed by atoms with E-state index in [0.29, 0.717) is 5.41 Å². The summed E-state index contributed by atoms with van der Waals surface area (Å²) in [6.07, 6.45) is 9.41. The van der Waals surface area contributed by atoms with Gasteiger partial charge in [-0.3, -0.25) is 0 Å². The molecule has 0 aromatic rings. The minimum Gasteiger partial charge on any atom is -0.428 e. The van der Waals surface area contributed by atoms with E-state index in [2.05, 4.69) is 20.8 Å². The molecule has 0 heterocycles. The first-order valence-electron chi connectivity index (χ1n) is 6.23. The van der Waals surface area contributed by atoms with E-state index in [1.165, 1.54) is 44.9 Å². The molecule has 1 nitrogen and oxygen atoms in total. The van der Waals surface area contributed by atoms with Gasteiger partial charge in [-0.15, -0.1) is 0 Å². The van der Waals surface area contributed by atoms with Gasteiger partial charge in [-0.25, -0.2) is 0 Å². The van der Waals surface area contributed by atoms with Crippen LogP contribution in [-0.2, 0) is 4.43 Å². The fraction of sp³-hybridized carbons (Fsp3) is 1.00. The molecule has 0 fully saturated rings. The van der Waals surface area contributed by atoms with Crippen LogP contribution in [0.25, 0.3) is 0 Å². The summed E-state index contributed by atoms with van der Waals surface area (Å²) in [5.41, 5.74) is 0.600. The lowest BCUT2D eigenvalue weighted by molar-refractivity contribution is 0.155. The molecule has 0 aliphatic rings. The second kappa shape index (κ2) is 8.48. The molecular formula is C12H28OSi. The molecule has 2 heteroatoms. The number of hydrogen-bond acceptors (Lipinski definition) is 1. The first-order chi connectivity index (χ1) is 6.74. The molecule has 0 amide bonds. The maximum absolute atomic E-state index is 5.38. The van der Waals surface area contributed by atoms with Gasteiger partial charge < -0.3 is 4.43 Å². The van der Waals surface area contributed by atoms with Gasteiger partial charge in [-0.1, -0.05) is 40.0 Å². The lowest BCUT2D eigenvalue weighted by atomic mass is 9.73. The summed E-state index contributed by atoms with van der Waals surface area (Å²) >= 11 is 0. The third-order valence-electron chi connectivity index (χ3n) is 3.18. The molecule has 86 valence electrons. The summed E-state index contributed by atoms with van der Waals surface area (Å²) in [5, 5.41) is 0. The van der Waals surface area contributed by atoms with Crippen molar-refractivity contribution < 1.29 is 4.43 Å². The molecule has 0 N–H and O–H groups in total. The topological polar surface area (TPSA) is 9.23 Å². The van der Waals surface area contributed by atoms with E-state index in [1.54, 1.807) is 0 Å². The highest BCUT2D eigenvalue weighted by Gasteiger charge is 2.26. The van der Waals surface area contributed by atoms with E-state index in [1.807, 2.05) is 0 Å². The van der Waals surface area contributed by atoms with Crippen LogP contribution < -0.4 is 0 Å². The zero-order valence-corrected chi connectivity index (χ0v) is 12.6. The van der Waals surface area contributed by atoms with Crippen molar-refractivity contribution in [2.45, 2.75) is 65.7 Å². The lowest BCUT2D eigenvalue weighted by Crippen LogP contribution is -2.22. The van der Waals surface area contributed by atoms with E-state index in [-0.39, 0.29) is 0 Å². The van der Waals surface area contributed by atoms with Crippen molar-refractivity contribution in [1.29, 1.82) is 0 Å². The summed E-state index contributed by atoms with van der Waals surface area (Å²) in [6, 6.07) is 0. The Hall–Kier alpha value is 0.177. The van der Waals surface area contributed by atoms with E-state index in [9.17, 15) is 0 Å². The van der Waals surface area contributed by atoms with Gasteiger partial charge in [0.05, 0.1) is 0 Å². The molecule has 14 heavy (non-hydrogen) atoms. The van der Waals surface area contributed by atoms with Crippen molar-refractivity contribution in [3.05, 3.63) is 0 Å². The number of hydrogen-bond donors (Lipinski definition) is 0. The highest BCUT2D eigenvalue weighted by molar-refractivity contribution is 5.97. The average molecular weight is 216 g/mol. The SMILES string of the molecule is CCCC(CCC)(CCC)CCO[SiH3]. The fourth-order valence-corrected chi connectivity index (χ4v) is 2.86. The molecule has 0 unspecified atom stereocenters. The van der Waals surface area contributed by atoms with Crippen LogP contribution in [0.1, 0.15) is 65.7 Å². The van der Waals surface area contributed by atoms with Crippen molar-refractivity contribution >= 4 is 10.5 Å². The van der Waals surface area contributed by atoms with Gasteiger partial charge in [0, 0.05) is 6.61 Å². The molecule has 0 aromatic heterocycles. The molecule has 0 radical (unpaired) electrons. The molecule has 0 aliphatic heterocycles. The summed E-state index contributed by atoms with van der Waals surface area (Å²) in [5.74, 6) is 0. The highest BCUT2D eigenvalue weighted by Crippen LogP contribution is 2.38. The van der Waals surface area contributed by atoms with Gasteiger partial charge >= 0.3 is 0 Å². The van der Waals surface area contributed by atoms with Gasteiger partial charge in [0.1, 0.15) is 10.5 Å². The van der Waals surface area contributed by atoms with Crippen LogP contribution in [0.2, 0.25) is 0 Å². The molecule has 0 aliphatic carbocycles. The maximum Gasteiger partial charge on any atom is 0.145 e. The summed E-state index contributed by atoms with van der Waals surface area (Å²) in [6.45, 7) is 7.91. The monoisotopic (exact) mass is 216 g/mol. The van der Waals surface area contributed by atoms with E-state index >= 15 is 0 Å². The quantitative estimate of drug-likeness (QED) is 0.538. The van der Waals surface area contributed by atoms with Crippen LogP contribution in [-0.4, -0.2) is 17.1 Å². The van der Waals surface area contributed by atoms with Crippen molar-refractivity contribution in [1.82, 2.24) is 0 Å². The molecule has 0 saturated heterocycles. The molecule has 0 aromatic carbocycles. The zero-order valence-electron chi connectivity index (χ0n) is 10.6. The largest absolute Gasteiger partial charge is 0.428 e. The summed E-state index contributed by atoms with van der Waals surface area (Å²) < 4.78 is 5.38. The Bertz CT molecular complexity index is 108.